The number of hydrogen-bond acceptors (Lipinski definition) is 12. The van der Waals surface area contributed by atoms with Crippen LogP contribution in [0.1, 0.15) is 162 Å². The number of esters is 2. The van der Waals surface area contributed by atoms with Gasteiger partial charge in [0.2, 0.25) is 0 Å². The molecule has 0 spiro atoms. The molecule has 6 N–H and O–H groups in total. The normalized spacial score (nSPS) is 23.0. The van der Waals surface area contributed by atoms with Crippen LogP contribution in [-0.4, -0.2) is 98.3 Å². The second-order valence-corrected chi connectivity index (χ2v) is 16.6. The summed E-state index contributed by atoms with van der Waals surface area (Å²) in [4.78, 5) is 35.6. The Balaban J connectivity index is 2.47. The summed E-state index contributed by atoms with van der Waals surface area (Å²) in [6.07, 6.45) is 26.1. The molecule has 0 aromatic heterocycles. The Morgan fingerprint density at radius 1 is 0.534 bits per heavy atom. The van der Waals surface area contributed by atoms with E-state index in [4.69, 9.17) is 18.5 Å². The first kappa shape index (κ1) is 53.8. The fourth-order valence-corrected chi connectivity index (χ4v) is 7.27. The lowest BCUT2D eigenvalue weighted by molar-refractivity contribution is -0.220. The van der Waals surface area contributed by atoms with E-state index in [1.165, 1.54) is 19.3 Å². The molecule has 1 fully saturated rings. The predicted molar refractivity (Wildman–Crippen MR) is 226 cm³/mol. The highest BCUT2D eigenvalue weighted by atomic mass is 31.2. The minimum Gasteiger partial charge on any atom is -0.462 e. The molecule has 0 bridgehead atoms. The monoisotopic (exact) mass is 845 g/mol. The van der Waals surface area contributed by atoms with Crippen molar-refractivity contribution in [2.45, 2.75) is 204 Å². The van der Waals surface area contributed by atoms with Crippen LogP contribution in [0.3, 0.4) is 0 Å². The average Bonchev–Trinajstić information content (AvgIpc) is 3.20. The van der Waals surface area contributed by atoms with Crippen LogP contribution in [0.5, 0.6) is 0 Å². The molecule has 0 aliphatic heterocycles. The zero-order valence-electron chi connectivity index (χ0n) is 35.3. The van der Waals surface area contributed by atoms with E-state index in [-0.39, 0.29) is 12.8 Å². The van der Waals surface area contributed by atoms with Crippen molar-refractivity contribution in [2.75, 3.05) is 13.2 Å². The van der Waals surface area contributed by atoms with E-state index < -0.39 is 75.7 Å². The van der Waals surface area contributed by atoms with Crippen LogP contribution >= 0.6 is 7.82 Å². The maximum atomic E-state index is 12.8. The summed E-state index contributed by atoms with van der Waals surface area (Å²) >= 11 is 0. The molecule has 0 heterocycles. The van der Waals surface area contributed by atoms with Gasteiger partial charge in [0.15, 0.2) is 6.10 Å². The summed E-state index contributed by atoms with van der Waals surface area (Å²) in [5.74, 6) is -1.13. The quantitative estimate of drug-likeness (QED) is 0.0155. The van der Waals surface area contributed by atoms with Crippen LogP contribution < -0.4 is 0 Å². The zero-order chi connectivity index (χ0) is 42.9. The molecule has 0 amide bonds. The van der Waals surface area contributed by atoms with Gasteiger partial charge in [-0.3, -0.25) is 18.6 Å². The maximum absolute atomic E-state index is 12.8. The summed E-state index contributed by atoms with van der Waals surface area (Å²) in [6, 6.07) is 0. The van der Waals surface area contributed by atoms with Gasteiger partial charge < -0.3 is 39.9 Å². The Bertz CT molecular complexity index is 1210. The molecule has 58 heavy (non-hydrogen) atoms. The van der Waals surface area contributed by atoms with Gasteiger partial charge in [-0.1, -0.05) is 127 Å². The summed E-state index contributed by atoms with van der Waals surface area (Å²) in [5, 5.41) is 50.0. The summed E-state index contributed by atoms with van der Waals surface area (Å²) < 4.78 is 33.4. The average molecular weight is 845 g/mol. The molecule has 0 aromatic rings. The summed E-state index contributed by atoms with van der Waals surface area (Å²) in [7, 11) is -5.12. The Morgan fingerprint density at radius 3 is 1.50 bits per heavy atom. The molecule has 6 unspecified atom stereocenters. The van der Waals surface area contributed by atoms with E-state index in [0.29, 0.717) is 12.8 Å². The van der Waals surface area contributed by atoms with Crippen LogP contribution in [0, 0.1) is 0 Å². The molecule has 1 aliphatic rings. The highest BCUT2D eigenvalue weighted by Crippen LogP contribution is 2.47. The standard InChI is InChI=1S/C44H77O13P/c1-3-5-7-9-11-13-15-16-17-18-19-20-21-22-23-25-27-29-31-33-38(46)56-36(34-54-37(45)32-30-28-26-24-14-12-10-8-6-4-2)35-55-58(52,53)57-44-42(50)40(48)39(47)41(49)43(44)51/h8,10-11,13,16-17,19-20,36,39-44,47-51H,3-7,9,12,14-15,18,21-35H2,1-2H3,(H,52,53)/b10-8-,13-11-,17-16-,20-19-. The van der Waals surface area contributed by atoms with Gasteiger partial charge in [0.25, 0.3) is 0 Å². The molecular weight excluding hydrogens is 767 g/mol. The van der Waals surface area contributed by atoms with Crippen molar-refractivity contribution in [3.63, 3.8) is 0 Å². The fraction of sp³-hybridized carbons (Fsp3) is 0.773. The van der Waals surface area contributed by atoms with Gasteiger partial charge in [-0.25, -0.2) is 4.57 Å². The summed E-state index contributed by atoms with van der Waals surface area (Å²) in [6.45, 7) is 3.17. The van der Waals surface area contributed by atoms with Gasteiger partial charge >= 0.3 is 19.8 Å². The van der Waals surface area contributed by atoms with Crippen LogP contribution in [0.4, 0.5) is 0 Å². The van der Waals surface area contributed by atoms with Crippen LogP contribution in [0.25, 0.3) is 0 Å². The fourth-order valence-electron chi connectivity index (χ4n) is 6.29. The number of hydrogen-bond donors (Lipinski definition) is 6. The molecule has 13 nitrogen and oxygen atoms in total. The maximum Gasteiger partial charge on any atom is 0.472 e. The lowest BCUT2D eigenvalue weighted by atomic mass is 9.85. The Kier molecular flexibility index (Phi) is 32.0. The second-order valence-electron chi connectivity index (χ2n) is 15.2. The number of unbranched alkanes of at least 4 members (excludes halogenated alkanes) is 15. The molecule has 0 radical (unpaired) electrons. The lowest BCUT2D eigenvalue weighted by Gasteiger charge is -2.41. The molecular formula is C44H77O13P. The van der Waals surface area contributed by atoms with Crippen LogP contribution in [-0.2, 0) is 32.7 Å². The number of rotatable bonds is 35. The Morgan fingerprint density at radius 2 is 0.966 bits per heavy atom. The van der Waals surface area contributed by atoms with Gasteiger partial charge in [-0.05, 0) is 70.6 Å². The van der Waals surface area contributed by atoms with E-state index in [2.05, 4.69) is 62.5 Å². The van der Waals surface area contributed by atoms with Gasteiger partial charge in [0.1, 0.15) is 43.2 Å². The highest BCUT2D eigenvalue weighted by Gasteiger charge is 2.51. The smallest absolute Gasteiger partial charge is 0.462 e. The molecule has 336 valence electrons. The molecule has 1 aliphatic carbocycles. The first-order valence-corrected chi connectivity index (χ1v) is 23.4. The van der Waals surface area contributed by atoms with Gasteiger partial charge in [-0.15, -0.1) is 0 Å². The number of carbonyl (C=O) groups is 2. The topological polar surface area (TPSA) is 210 Å². The van der Waals surface area contributed by atoms with Crippen molar-refractivity contribution < 1.29 is 63.1 Å². The van der Waals surface area contributed by atoms with Crippen molar-refractivity contribution in [3.05, 3.63) is 48.6 Å². The van der Waals surface area contributed by atoms with E-state index in [1.54, 1.807) is 0 Å². The SMILES string of the molecule is CCC/C=C\CCCCCCCC(=O)OCC(COP(=O)(O)OC1C(O)C(O)C(O)C(O)C1O)OC(=O)CCCCCCCC/C=C\C/C=C\C/C=C\CCCCC. The third-order valence-corrected chi connectivity index (χ3v) is 10.9. The lowest BCUT2D eigenvalue weighted by Crippen LogP contribution is -2.64. The third-order valence-electron chi connectivity index (χ3n) is 9.87. The minimum atomic E-state index is -5.12. The van der Waals surface area contributed by atoms with Gasteiger partial charge in [0.05, 0.1) is 6.61 Å². The van der Waals surface area contributed by atoms with E-state index in [0.717, 1.165) is 103 Å². The Hall–Kier alpha value is -2.19. The third kappa shape index (κ3) is 26.8. The van der Waals surface area contributed by atoms with E-state index in [1.807, 2.05) is 0 Å². The number of carbonyl (C=O) groups excluding carboxylic acids is 2. The van der Waals surface area contributed by atoms with E-state index >= 15 is 0 Å². The number of phosphoric ester groups is 1. The molecule has 6 atom stereocenters. The van der Waals surface area contributed by atoms with Crippen molar-refractivity contribution >= 4 is 19.8 Å². The number of ether oxygens (including phenoxy) is 2. The highest BCUT2D eigenvalue weighted by molar-refractivity contribution is 7.47. The molecule has 0 saturated heterocycles. The van der Waals surface area contributed by atoms with E-state index in [9.17, 15) is 44.6 Å². The molecule has 0 aromatic carbocycles. The van der Waals surface area contributed by atoms with Crippen molar-refractivity contribution in [2.24, 2.45) is 0 Å². The molecule has 1 rings (SSSR count). The van der Waals surface area contributed by atoms with Crippen molar-refractivity contribution in [1.82, 2.24) is 0 Å². The van der Waals surface area contributed by atoms with Gasteiger partial charge in [-0.2, -0.15) is 0 Å². The number of allylic oxidation sites excluding steroid dienone is 8. The Labute approximate surface area is 348 Å². The van der Waals surface area contributed by atoms with Crippen LogP contribution in [0.2, 0.25) is 0 Å². The minimum absolute atomic E-state index is 0.0790. The number of phosphoric acid groups is 1. The number of aliphatic hydroxyl groups excluding tert-OH is 5. The first-order chi connectivity index (χ1) is 27.9. The second kappa shape index (κ2) is 34.5. The van der Waals surface area contributed by atoms with Crippen molar-refractivity contribution in [3.8, 4) is 0 Å². The summed E-state index contributed by atoms with van der Waals surface area (Å²) in [5.41, 5.74) is 0. The zero-order valence-corrected chi connectivity index (χ0v) is 36.2. The van der Waals surface area contributed by atoms with Crippen molar-refractivity contribution in [1.29, 1.82) is 0 Å². The predicted octanol–water partition coefficient (Wildman–Crippen LogP) is 8.00. The van der Waals surface area contributed by atoms with Gasteiger partial charge in [0, 0.05) is 12.8 Å². The number of aliphatic hydroxyl groups is 5. The molecule has 14 heteroatoms. The van der Waals surface area contributed by atoms with Crippen LogP contribution in [0.15, 0.2) is 48.6 Å². The molecule has 1 saturated carbocycles. The largest absolute Gasteiger partial charge is 0.472 e. The first-order valence-electron chi connectivity index (χ1n) is 21.9.